The molecule has 0 bridgehead atoms. The predicted molar refractivity (Wildman–Crippen MR) is 90.6 cm³/mol. The van der Waals surface area contributed by atoms with Crippen molar-refractivity contribution in [3.63, 3.8) is 0 Å². The lowest BCUT2D eigenvalue weighted by molar-refractivity contribution is -0.127. The topological polar surface area (TPSA) is 59.2 Å². The maximum absolute atomic E-state index is 12.3. The molecule has 0 N–H and O–H groups in total. The summed E-state index contributed by atoms with van der Waals surface area (Å²) in [5.74, 6) is 2.79. The van der Waals surface area contributed by atoms with Crippen LogP contribution in [0.25, 0.3) is 0 Å². The fourth-order valence-electron chi connectivity index (χ4n) is 2.62. The molecule has 7 heteroatoms. The second-order valence-electron chi connectivity index (χ2n) is 5.59. The number of carbonyl (C=O) groups excluding carboxylic acids is 1. The molecule has 1 aliphatic heterocycles. The maximum atomic E-state index is 12.3. The number of hydrogen-bond acceptors (Lipinski definition) is 5. The van der Waals surface area contributed by atoms with Crippen molar-refractivity contribution in [3.05, 3.63) is 46.6 Å². The molecule has 1 atom stereocenters. The van der Waals surface area contributed by atoms with Gasteiger partial charge >= 0.3 is 0 Å². The van der Waals surface area contributed by atoms with Crippen molar-refractivity contribution < 1.29 is 9.32 Å². The molecule has 0 spiro atoms. The van der Waals surface area contributed by atoms with Crippen LogP contribution in [0.15, 0.2) is 28.8 Å². The largest absolute Gasteiger partial charge is 0.341 e. The molecule has 0 saturated carbocycles. The highest BCUT2D eigenvalue weighted by molar-refractivity contribution is 7.99. The SMILES string of the molecule is Cc1noc([C@H]2CCN(C(=O)CSCc3ccccc3Cl)C2)n1. The van der Waals surface area contributed by atoms with E-state index in [1.807, 2.05) is 29.2 Å². The van der Waals surface area contributed by atoms with E-state index in [9.17, 15) is 4.79 Å². The fourth-order valence-corrected chi connectivity index (χ4v) is 3.84. The van der Waals surface area contributed by atoms with Crippen LogP contribution in [-0.2, 0) is 10.5 Å². The van der Waals surface area contributed by atoms with Gasteiger partial charge in [-0.2, -0.15) is 4.98 Å². The molecule has 5 nitrogen and oxygen atoms in total. The van der Waals surface area contributed by atoms with Crippen LogP contribution in [0.1, 0.15) is 29.6 Å². The third-order valence-electron chi connectivity index (χ3n) is 3.87. The molecule has 0 radical (unpaired) electrons. The van der Waals surface area contributed by atoms with Gasteiger partial charge in [0.05, 0.1) is 11.7 Å². The van der Waals surface area contributed by atoms with Gasteiger partial charge in [-0.05, 0) is 25.0 Å². The highest BCUT2D eigenvalue weighted by atomic mass is 35.5. The van der Waals surface area contributed by atoms with Gasteiger partial charge in [-0.25, -0.2) is 0 Å². The summed E-state index contributed by atoms with van der Waals surface area (Å²) < 4.78 is 5.21. The number of hydrogen-bond donors (Lipinski definition) is 0. The molecule has 122 valence electrons. The van der Waals surface area contributed by atoms with E-state index in [1.54, 1.807) is 18.7 Å². The Labute approximate surface area is 144 Å². The highest BCUT2D eigenvalue weighted by Gasteiger charge is 2.30. The highest BCUT2D eigenvalue weighted by Crippen LogP contribution is 2.27. The number of halogens is 1. The van der Waals surface area contributed by atoms with Crippen molar-refractivity contribution >= 4 is 29.3 Å². The third-order valence-corrected chi connectivity index (χ3v) is 5.21. The minimum absolute atomic E-state index is 0.154. The summed E-state index contributed by atoms with van der Waals surface area (Å²) in [7, 11) is 0. The van der Waals surface area contributed by atoms with E-state index in [1.165, 1.54) is 0 Å². The number of amides is 1. The van der Waals surface area contributed by atoms with Crippen LogP contribution in [0.2, 0.25) is 5.02 Å². The normalized spacial score (nSPS) is 17.7. The van der Waals surface area contributed by atoms with Gasteiger partial charge in [0.15, 0.2) is 5.82 Å². The minimum Gasteiger partial charge on any atom is -0.341 e. The van der Waals surface area contributed by atoms with Crippen LogP contribution in [0.3, 0.4) is 0 Å². The van der Waals surface area contributed by atoms with Gasteiger partial charge in [0.25, 0.3) is 0 Å². The molecular weight excluding hydrogens is 334 g/mol. The van der Waals surface area contributed by atoms with Crippen LogP contribution in [0, 0.1) is 6.92 Å². The summed E-state index contributed by atoms with van der Waals surface area (Å²) in [5, 5.41) is 4.57. The molecule has 2 heterocycles. The smallest absolute Gasteiger partial charge is 0.232 e. The van der Waals surface area contributed by atoms with Crippen molar-refractivity contribution in [1.29, 1.82) is 0 Å². The van der Waals surface area contributed by atoms with Crippen LogP contribution in [0.5, 0.6) is 0 Å². The van der Waals surface area contributed by atoms with Crippen LogP contribution >= 0.6 is 23.4 Å². The van der Waals surface area contributed by atoms with Crippen molar-refractivity contribution in [2.24, 2.45) is 0 Å². The van der Waals surface area contributed by atoms with Gasteiger partial charge in [-0.3, -0.25) is 4.79 Å². The summed E-state index contributed by atoms with van der Waals surface area (Å²) in [5.41, 5.74) is 1.06. The van der Waals surface area contributed by atoms with E-state index in [0.29, 0.717) is 24.0 Å². The average molecular weight is 352 g/mol. The fraction of sp³-hybridized carbons (Fsp3) is 0.438. The van der Waals surface area contributed by atoms with E-state index in [2.05, 4.69) is 10.1 Å². The summed E-state index contributed by atoms with van der Waals surface area (Å²) in [6, 6.07) is 7.73. The number of carbonyl (C=O) groups is 1. The Morgan fingerprint density at radius 2 is 2.30 bits per heavy atom. The van der Waals surface area contributed by atoms with Crippen LogP contribution in [-0.4, -0.2) is 39.8 Å². The van der Waals surface area contributed by atoms with Crippen LogP contribution < -0.4 is 0 Å². The third kappa shape index (κ3) is 4.06. The summed E-state index contributed by atoms with van der Waals surface area (Å²) in [6.45, 7) is 3.21. The van der Waals surface area contributed by atoms with Gasteiger partial charge < -0.3 is 9.42 Å². The average Bonchev–Trinajstić information content (AvgIpc) is 3.18. The second kappa shape index (κ2) is 7.36. The van der Waals surface area contributed by atoms with Gasteiger partial charge in [0, 0.05) is 23.9 Å². The molecule has 1 amide bonds. The number of aryl methyl sites for hydroxylation is 1. The molecule has 0 unspecified atom stereocenters. The second-order valence-corrected chi connectivity index (χ2v) is 6.98. The summed E-state index contributed by atoms with van der Waals surface area (Å²) in [6.07, 6.45) is 0.878. The van der Waals surface area contributed by atoms with E-state index >= 15 is 0 Å². The van der Waals surface area contributed by atoms with Gasteiger partial charge in [-0.15, -0.1) is 11.8 Å². The Hall–Kier alpha value is -1.53. The number of benzene rings is 1. The van der Waals surface area contributed by atoms with E-state index in [4.69, 9.17) is 16.1 Å². The molecule has 3 rings (SSSR count). The summed E-state index contributed by atoms with van der Waals surface area (Å²) >= 11 is 7.71. The molecule has 0 aliphatic carbocycles. The first-order chi connectivity index (χ1) is 11.1. The first kappa shape index (κ1) is 16.3. The Bertz CT molecular complexity index is 691. The van der Waals surface area contributed by atoms with Gasteiger partial charge in [0.2, 0.25) is 11.8 Å². The molecule has 1 fully saturated rings. The first-order valence-corrected chi connectivity index (χ1v) is 9.06. The quantitative estimate of drug-likeness (QED) is 0.827. The van der Waals surface area contributed by atoms with E-state index < -0.39 is 0 Å². The molecule has 23 heavy (non-hydrogen) atoms. The number of rotatable bonds is 5. The van der Waals surface area contributed by atoms with Crippen molar-refractivity contribution in [2.45, 2.75) is 25.0 Å². The number of likely N-dealkylation sites (tertiary alicyclic amines) is 1. The number of nitrogens with zero attached hydrogens (tertiary/aromatic N) is 3. The lowest BCUT2D eigenvalue weighted by Crippen LogP contribution is -2.30. The molecule has 2 aromatic rings. The minimum atomic E-state index is 0.154. The monoisotopic (exact) mass is 351 g/mol. The maximum Gasteiger partial charge on any atom is 0.232 e. The summed E-state index contributed by atoms with van der Waals surface area (Å²) in [4.78, 5) is 18.4. The van der Waals surface area contributed by atoms with Crippen molar-refractivity contribution in [3.8, 4) is 0 Å². The molecule has 1 aliphatic rings. The predicted octanol–water partition coefficient (Wildman–Crippen LogP) is 3.28. The first-order valence-electron chi connectivity index (χ1n) is 7.52. The molecule has 1 aromatic carbocycles. The Balaban J connectivity index is 1.47. The molecule has 1 aromatic heterocycles. The van der Waals surface area contributed by atoms with Crippen LogP contribution in [0.4, 0.5) is 0 Å². The van der Waals surface area contributed by atoms with Gasteiger partial charge in [-0.1, -0.05) is 35.0 Å². The zero-order chi connectivity index (χ0) is 16.2. The lowest BCUT2D eigenvalue weighted by Gasteiger charge is -2.15. The standard InChI is InChI=1S/C16H18ClN3O2S/c1-11-18-16(22-19-11)12-6-7-20(8-12)15(21)10-23-9-13-4-2-3-5-14(13)17/h2-5,12H,6-10H2,1H3/t12-/m0/s1. The van der Waals surface area contributed by atoms with E-state index in [-0.39, 0.29) is 11.8 Å². The molecule has 1 saturated heterocycles. The molecular formula is C16H18ClN3O2S. The Morgan fingerprint density at radius 1 is 1.48 bits per heavy atom. The van der Waals surface area contributed by atoms with Gasteiger partial charge in [0.1, 0.15) is 0 Å². The van der Waals surface area contributed by atoms with Crippen molar-refractivity contribution in [2.75, 3.05) is 18.8 Å². The Morgan fingerprint density at radius 3 is 3.04 bits per heavy atom. The lowest BCUT2D eigenvalue weighted by atomic mass is 10.1. The number of aromatic nitrogens is 2. The zero-order valence-corrected chi connectivity index (χ0v) is 14.4. The van der Waals surface area contributed by atoms with Crippen molar-refractivity contribution in [1.82, 2.24) is 15.0 Å². The number of thioether (sulfide) groups is 1. The van der Waals surface area contributed by atoms with E-state index in [0.717, 1.165) is 29.3 Å². The Kier molecular flexibility index (Phi) is 5.23. The zero-order valence-electron chi connectivity index (χ0n) is 12.9.